The summed E-state index contributed by atoms with van der Waals surface area (Å²) < 4.78 is 7.57. The van der Waals surface area contributed by atoms with E-state index in [0.29, 0.717) is 12.6 Å². The summed E-state index contributed by atoms with van der Waals surface area (Å²) in [4.78, 5) is 2.54. The molecule has 0 unspecified atom stereocenters. The van der Waals surface area contributed by atoms with Gasteiger partial charge in [0.25, 0.3) is 0 Å². The molecule has 3 aliphatic rings. The van der Waals surface area contributed by atoms with Crippen LogP contribution in [0.5, 0.6) is 5.75 Å². The van der Waals surface area contributed by atoms with Gasteiger partial charge in [0.1, 0.15) is 11.4 Å². The van der Waals surface area contributed by atoms with Gasteiger partial charge in [-0.2, -0.15) is 0 Å². The van der Waals surface area contributed by atoms with E-state index in [2.05, 4.69) is 38.2 Å². The number of ether oxygens (including phenoxy) is 1. The molecule has 0 saturated carbocycles. The van der Waals surface area contributed by atoms with Crippen molar-refractivity contribution in [3.63, 3.8) is 0 Å². The maximum absolute atomic E-state index is 5.48. The second kappa shape index (κ2) is 5.72. The van der Waals surface area contributed by atoms with Crippen LogP contribution in [-0.4, -0.2) is 46.1 Å². The van der Waals surface area contributed by atoms with Gasteiger partial charge in [-0.1, -0.05) is 5.21 Å². The summed E-state index contributed by atoms with van der Waals surface area (Å²) in [6.07, 6.45) is 4.69. The number of hydrogen-bond donors (Lipinski definition) is 0. The molecule has 1 aromatic heterocycles. The number of fused-ring (bicyclic) bond motifs is 3. The normalized spacial score (nSPS) is 27.0. The van der Waals surface area contributed by atoms with Gasteiger partial charge in [-0.25, -0.2) is 4.68 Å². The van der Waals surface area contributed by atoms with Crippen molar-refractivity contribution in [3.05, 3.63) is 30.5 Å². The summed E-state index contributed by atoms with van der Waals surface area (Å²) in [6.45, 7) is 6.31. The number of nitrogens with zero attached hydrogens (tertiary/aromatic N) is 4. The van der Waals surface area contributed by atoms with Crippen LogP contribution < -0.4 is 4.74 Å². The minimum atomic E-state index is 0.492. The molecular formula is C17H22N4O. The summed E-state index contributed by atoms with van der Waals surface area (Å²) in [6, 6.07) is 8.58. The molecule has 2 aromatic rings. The van der Waals surface area contributed by atoms with E-state index in [-0.39, 0.29) is 0 Å². The highest BCUT2D eigenvalue weighted by Gasteiger charge is 2.35. The first kappa shape index (κ1) is 13.8. The predicted molar refractivity (Wildman–Crippen MR) is 84.8 cm³/mol. The van der Waals surface area contributed by atoms with Gasteiger partial charge in [0, 0.05) is 12.1 Å². The SMILES string of the molecule is CCOc1ccc(-c2cn([C@H]3CN4CCC3CC4)nn2)cc1. The Morgan fingerprint density at radius 1 is 1.18 bits per heavy atom. The number of piperidine rings is 3. The number of benzene rings is 1. The van der Waals surface area contributed by atoms with Crippen LogP contribution in [0.3, 0.4) is 0 Å². The van der Waals surface area contributed by atoms with Crippen molar-refractivity contribution in [3.8, 4) is 17.0 Å². The maximum atomic E-state index is 5.48. The van der Waals surface area contributed by atoms with Crippen molar-refractivity contribution in [2.45, 2.75) is 25.8 Å². The first-order valence-corrected chi connectivity index (χ1v) is 8.21. The molecule has 3 aliphatic heterocycles. The molecule has 5 heteroatoms. The largest absolute Gasteiger partial charge is 0.494 e. The molecule has 0 amide bonds. The molecule has 1 atom stereocenters. The molecule has 116 valence electrons. The molecule has 0 aliphatic carbocycles. The summed E-state index contributed by atoms with van der Waals surface area (Å²) >= 11 is 0. The van der Waals surface area contributed by atoms with Crippen molar-refractivity contribution < 1.29 is 4.74 Å². The van der Waals surface area contributed by atoms with Crippen molar-refractivity contribution in [1.82, 2.24) is 19.9 Å². The van der Waals surface area contributed by atoms with Crippen LogP contribution >= 0.6 is 0 Å². The minimum Gasteiger partial charge on any atom is -0.494 e. The highest BCUT2D eigenvalue weighted by Crippen LogP contribution is 2.35. The van der Waals surface area contributed by atoms with Crippen LogP contribution in [0, 0.1) is 5.92 Å². The second-order valence-corrected chi connectivity index (χ2v) is 6.25. The molecule has 2 bridgehead atoms. The molecule has 0 radical (unpaired) electrons. The van der Waals surface area contributed by atoms with Crippen LogP contribution in [-0.2, 0) is 0 Å². The van der Waals surface area contributed by atoms with Crippen molar-refractivity contribution in [2.24, 2.45) is 5.92 Å². The average Bonchev–Trinajstić information content (AvgIpc) is 3.07. The van der Waals surface area contributed by atoms with E-state index in [1.54, 1.807) is 0 Å². The fraction of sp³-hybridized carbons (Fsp3) is 0.529. The van der Waals surface area contributed by atoms with Crippen molar-refractivity contribution in [2.75, 3.05) is 26.2 Å². The molecule has 5 nitrogen and oxygen atoms in total. The maximum Gasteiger partial charge on any atom is 0.119 e. The van der Waals surface area contributed by atoms with Gasteiger partial charge in [-0.15, -0.1) is 5.10 Å². The second-order valence-electron chi connectivity index (χ2n) is 6.25. The third-order valence-electron chi connectivity index (χ3n) is 4.93. The minimum absolute atomic E-state index is 0.492. The van der Waals surface area contributed by atoms with Gasteiger partial charge in [-0.05, 0) is 63.0 Å². The fourth-order valence-corrected chi connectivity index (χ4v) is 3.69. The van der Waals surface area contributed by atoms with Gasteiger partial charge < -0.3 is 9.64 Å². The zero-order valence-electron chi connectivity index (χ0n) is 13.0. The lowest BCUT2D eigenvalue weighted by atomic mass is 9.84. The Bertz CT molecular complexity index is 628. The standard InChI is InChI=1S/C17H22N4O/c1-2-22-15-5-3-13(4-6-15)16-11-21(19-18-16)17-12-20-9-7-14(17)8-10-20/h3-6,11,14,17H,2,7-10,12H2,1H3/t17-/m0/s1. The lowest BCUT2D eigenvalue weighted by Crippen LogP contribution is -2.48. The van der Waals surface area contributed by atoms with Crippen LogP contribution in [0.1, 0.15) is 25.8 Å². The monoisotopic (exact) mass is 298 g/mol. The van der Waals surface area contributed by atoms with Gasteiger partial charge in [-0.3, -0.25) is 0 Å². The molecule has 3 fully saturated rings. The highest BCUT2D eigenvalue weighted by molar-refractivity contribution is 5.58. The van der Waals surface area contributed by atoms with E-state index in [1.807, 2.05) is 19.1 Å². The molecule has 0 N–H and O–H groups in total. The van der Waals surface area contributed by atoms with Crippen LogP contribution in [0.15, 0.2) is 30.5 Å². The molecular weight excluding hydrogens is 276 g/mol. The first-order valence-electron chi connectivity index (χ1n) is 8.21. The Kier molecular flexibility index (Phi) is 3.58. The van der Waals surface area contributed by atoms with Crippen LogP contribution in [0.4, 0.5) is 0 Å². The summed E-state index contributed by atoms with van der Waals surface area (Å²) in [7, 11) is 0. The summed E-state index contributed by atoms with van der Waals surface area (Å²) in [5, 5.41) is 8.78. The van der Waals surface area contributed by atoms with Gasteiger partial charge in [0.15, 0.2) is 0 Å². The third-order valence-corrected chi connectivity index (χ3v) is 4.93. The average molecular weight is 298 g/mol. The number of hydrogen-bond acceptors (Lipinski definition) is 4. The molecule has 5 rings (SSSR count). The van der Waals surface area contributed by atoms with E-state index in [1.165, 1.54) is 25.9 Å². The van der Waals surface area contributed by atoms with Crippen molar-refractivity contribution in [1.29, 1.82) is 0 Å². The Hall–Kier alpha value is -1.88. The van der Waals surface area contributed by atoms with Gasteiger partial charge in [0.05, 0.1) is 18.8 Å². The first-order chi connectivity index (χ1) is 10.8. The van der Waals surface area contributed by atoms with Crippen LogP contribution in [0.25, 0.3) is 11.3 Å². The molecule has 22 heavy (non-hydrogen) atoms. The predicted octanol–water partition coefficient (Wildman–Crippen LogP) is 2.61. The Morgan fingerprint density at radius 2 is 1.95 bits per heavy atom. The van der Waals surface area contributed by atoms with Crippen LogP contribution in [0.2, 0.25) is 0 Å². The third kappa shape index (κ3) is 2.50. The van der Waals surface area contributed by atoms with E-state index < -0.39 is 0 Å². The highest BCUT2D eigenvalue weighted by atomic mass is 16.5. The summed E-state index contributed by atoms with van der Waals surface area (Å²) in [5.41, 5.74) is 2.04. The zero-order valence-corrected chi connectivity index (χ0v) is 13.0. The molecule has 3 saturated heterocycles. The Labute approximate surface area is 130 Å². The lowest BCUT2D eigenvalue weighted by molar-refractivity contribution is 0.0504. The summed E-state index contributed by atoms with van der Waals surface area (Å²) in [5.74, 6) is 1.66. The van der Waals surface area contributed by atoms with E-state index in [0.717, 1.165) is 29.5 Å². The topological polar surface area (TPSA) is 43.2 Å². The van der Waals surface area contributed by atoms with Gasteiger partial charge in [0.2, 0.25) is 0 Å². The Morgan fingerprint density at radius 3 is 2.59 bits per heavy atom. The quantitative estimate of drug-likeness (QED) is 0.870. The molecule has 0 spiro atoms. The van der Waals surface area contributed by atoms with E-state index in [9.17, 15) is 0 Å². The van der Waals surface area contributed by atoms with Gasteiger partial charge >= 0.3 is 0 Å². The number of rotatable bonds is 4. The lowest BCUT2D eigenvalue weighted by Gasteiger charge is -2.44. The molecule has 4 heterocycles. The smallest absolute Gasteiger partial charge is 0.119 e. The molecule has 1 aromatic carbocycles. The zero-order chi connectivity index (χ0) is 14.9. The number of aromatic nitrogens is 3. The van der Waals surface area contributed by atoms with E-state index in [4.69, 9.17) is 4.74 Å². The van der Waals surface area contributed by atoms with E-state index >= 15 is 0 Å². The fourth-order valence-electron chi connectivity index (χ4n) is 3.69. The van der Waals surface area contributed by atoms with Crippen molar-refractivity contribution >= 4 is 0 Å². The Balaban J connectivity index is 1.53.